The zero-order valence-corrected chi connectivity index (χ0v) is 5.41. The highest BCUT2D eigenvalue weighted by atomic mass is 14.9. The summed E-state index contributed by atoms with van der Waals surface area (Å²) in [4.78, 5) is 7.63. The Morgan fingerprint density at radius 3 is 2.90 bits per heavy atom. The molecular weight excluding hydrogens is 125 g/mol. The Labute approximate surface area is 60.4 Å². The minimum absolute atomic E-state index is 0.248. The molecule has 0 spiro atoms. The smallest absolute Gasteiger partial charge is 0.147 e. The maximum absolute atomic E-state index is 5.35. The molecule has 2 radical (unpaired) electrons. The van der Waals surface area contributed by atoms with Gasteiger partial charge in [-0.05, 0) is 6.08 Å². The van der Waals surface area contributed by atoms with E-state index in [2.05, 4.69) is 16.5 Å². The molecule has 0 fully saturated rings. The van der Waals surface area contributed by atoms with Gasteiger partial charge >= 0.3 is 0 Å². The number of hydrogen-bond donors (Lipinski definition) is 1. The molecule has 0 aliphatic carbocycles. The number of nitrogens with zero attached hydrogens (tertiary/aromatic N) is 2. The third kappa shape index (κ3) is 1.15. The first-order valence-electron chi connectivity index (χ1n) is 2.74. The van der Waals surface area contributed by atoms with Crippen LogP contribution in [0, 0.1) is 0 Å². The Balaban J connectivity index is 3.16. The van der Waals surface area contributed by atoms with Gasteiger partial charge in [-0.3, -0.25) is 4.98 Å². The Kier molecular flexibility index (Phi) is 1.71. The van der Waals surface area contributed by atoms with Crippen LogP contribution in [0.3, 0.4) is 0 Å². The highest BCUT2D eigenvalue weighted by molar-refractivity contribution is 6.33. The molecular formula is C6H6BN3. The fourth-order valence-corrected chi connectivity index (χ4v) is 0.525. The van der Waals surface area contributed by atoms with E-state index in [1.54, 1.807) is 6.08 Å². The van der Waals surface area contributed by atoms with Gasteiger partial charge in [-0.2, -0.15) is 0 Å². The SMILES string of the molecule is [B]c1nc(C=C)cnc1N. The zero-order chi connectivity index (χ0) is 7.56. The van der Waals surface area contributed by atoms with E-state index in [1.807, 2.05) is 0 Å². The fraction of sp³-hybridized carbons (Fsp3) is 0. The van der Waals surface area contributed by atoms with Gasteiger partial charge in [0.05, 0.1) is 11.9 Å². The first kappa shape index (κ1) is 6.80. The van der Waals surface area contributed by atoms with Crippen LogP contribution < -0.4 is 11.3 Å². The minimum Gasteiger partial charge on any atom is -0.383 e. The van der Waals surface area contributed by atoms with Gasteiger partial charge in [0.1, 0.15) is 13.7 Å². The van der Waals surface area contributed by atoms with Crippen molar-refractivity contribution in [3.63, 3.8) is 0 Å². The number of nitrogen functional groups attached to an aromatic ring is 1. The molecule has 4 heteroatoms. The van der Waals surface area contributed by atoms with Gasteiger partial charge in [0.2, 0.25) is 0 Å². The number of aromatic nitrogens is 2. The molecule has 0 bridgehead atoms. The molecule has 0 unspecified atom stereocenters. The second-order valence-electron chi connectivity index (χ2n) is 1.77. The summed E-state index contributed by atoms with van der Waals surface area (Å²) in [6, 6.07) is 0. The van der Waals surface area contributed by atoms with E-state index in [-0.39, 0.29) is 11.4 Å². The van der Waals surface area contributed by atoms with Gasteiger partial charge < -0.3 is 5.73 Å². The Hall–Kier alpha value is -1.32. The largest absolute Gasteiger partial charge is 0.383 e. The van der Waals surface area contributed by atoms with Gasteiger partial charge in [0, 0.05) is 5.59 Å². The molecule has 0 saturated heterocycles. The van der Waals surface area contributed by atoms with E-state index in [9.17, 15) is 0 Å². The molecule has 0 aliphatic rings. The van der Waals surface area contributed by atoms with Crippen molar-refractivity contribution in [2.75, 3.05) is 5.73 Å². The summed E-state index contributed by atoms with van der Waals surface area (Å²) < 4.78 is 0. The maximum Gasteiger partial charge on any atom is 0.147 e. The molecule has 0 aliphatic heterocycles. The van der Waals surface area contributed by atoms with Crippen LogP contribution >= 0.6 is 0 Å². The standard InChI is InChI=1S/C6H6BN3/c1-2-4-3-9-6(8)5(7)10-4/h2-3H,1H2,(H2,8,9). The lowest BCUT2D eigenvalue weighted by Crippen LogP contribution is -2.16. The maximum atomic E-state index is 5.35. The van der Waals surface area contributed by atoms with Crippen molar-refractivity contribution < 1.29 is 0 Å². The minimum atomic E-state index is 0.248. The van der Waals surface area contributed by atoms with Crippen LogP contribution in [0.15, 0.2) is 12.8 Å². The van der Waals surface area contributed by atoms with Crippen molar-refractivity contribution in [2.45, 2.75) is 0 Å². The molecule has 1 aromatic rings. The van der Waals surface area contributed by atoms with E-state index < -0.39 is 0 Å². The quantitative estimate of drug-likeness (QED) is 0.522. The molecule has 48 valence electrons. The summed E-state index contributed by atoms with van der Waals surface area (Å²) >= 11 is 0. The predicted molar refractivity (Wildman–Crippen MR) is 41.9 cm³/mol. The van der Waals surface area contributed by atoms with E-state index in [1.165, 1.54) is 6.20 Å². The third-order valence-electron chi connectivity index (χ3n) is 1.06. The zero-order valence-electron chi connectivity index (χ0n) is 5.41. The summed E-state index contributed by atoms with van der Waals surface area (Å²) in [5.41, 5.74) is 6.19. The molecule has 1 aromatic heterocycles. The molecule has 0 amide bonds. The predicted octanol–water partition coefficient (Wildman–Crippen LogP) is -0.504. The summed E-state index contributed by atoms with van der Waals surface area (Å²) in [5.74, 6) is 0.255. The first-order valence-corrected chi connectivity index (χ1v) is 2.74. The van der Waals surface area contributed by atoms with Crippen molar-refractivity contribution in [2.24, 2.45) is 0 Å². The molecule has 1 heterocycles. The van der Waals surface area contributed by atoms with Gasteiger partial charge in [-0.15, -0.1) is 0 Å². The lowest BCUT2D eigenvalue weighted by molar-refractivity contribution is 1.23. The van der Waals surface area contributed by atoms with Gasteiger partial charge in [0.25, 0.3) is 0 Å². The van der Waals surface area contributed by atoms with Crippen LogP contribution in [-0.2, 0) is 0 Å². The van der Waals surface area contributed by atoms with Crippen LogP contribution in [-0.4, -0.2) is 17.8 Å². The second kappa shape index (κ2) is 2.52. The fourth-order valence-electron chi connectivity index (χ4n) is 0.525. The van der Waals surface area contributed by atoms with Crippen molar-refractivity contribution in [3.8, 4) is 0 Å². The van der Waals surface area contributed by atoms with E-state index >= 15 is 0 Å². The van der Waals surface area contributed by atoms with E-state index in [4.69, 9.17) is 13.6 Å². The lowest BCUT2D eigenvalue weighted by Gasteiger charge is -1.97. The van der Waals surface area contributed by atoms with Gasteiger partial charge in [-0.25, -0.2) is 4.98 Å². The second-order valence-corrected chi connectivity index (χ2v) is 1.77. The summed E-state index contributed by atoms with van der Waals surface area (Å²) in [6.45, 7) is 3.50. The Bertz CT molecular complexity index is 259. The van der Waals surface area contributed by atoms with Crippen LogP contribution in [0.4, 0.5) is 5.82 Å². The average molecular weight is 131 g/mol. The van der Waals surface area contributed by atoms with Gasteiger partial charge in [-0.1, -0.05) is 6.58 Å². The average Bonchev–Trinajstić information content (AvgIpc) is 1.95. The van der Waals surface area contributed by atoms with Crippen LogP contribution in [0.25, 0.3) is 6.08 Å². The molecule has 0 saturated carbocycles. The van der Waals surface area contributed by atoms with Crippen molar-refractivity contribution >= 4 is 25.3 Å². The van der Waals surface area contributed by atoms with Gasteiger partial charge in [0.15, 0.2) is 0 Å². The number of hydrogen-bond acceptors (Lipinski definition) is 3. The summed E-state index contributed by atoms with van der Waals surface area (Å²) in [7, 11) is 5.35. The molecule has 2 N–H and O–H groups in total. The summed E-state index contributed by atoms with van der Waals surface area (Å²) in [6.07, 6.45) is 3.07. The van der Waals surface area contributed by atoms with Crippen LogP contribution in [0.1, 0.15) is 5.69 Å². The highest BCUT2D eigenvalue weighted by Crippen LogP contribution is 1.92. The van der Waals surface area contributed by atoms with Crippen molar-refractivity contribution in [1.29, 1.82) is 0 Å². The van der Waals surface area contributed by atoms with E-state index in [0.29, 0.717) is 5.69 Å². The molecule has 3 nitrogen and oxygen atoms in total. The lowest BCUT2D eigenvalue weighted by atomic mass is 10.0. The van der Waals surface area contributed by atoms with Crippen molar-refractivity contribution in [3.05, 3.63) is 18.5 Å². The topological polar surface area (TPSA) is 51.8 Å². The molecule has 0 aromatic carbocycles. The number of rotatable bonds is 1. The monoisotopic (exact) mass is 131 g/mol. The number of nitrogens with two attached hydrogens (primary N) is 1. The van der Waals surface area contributed by atoms with Crippen LogP contribution in [0.5, 0.6) is 0 Å². The normalized spacial score (nSPS) is 9.20. The third-order valence-corrected chi connectivity index (χ3v) is 1.06. The first-order chi connectivity index (χ1) is 4.74. The van der Waals surface area contributed by atoms with Crippen molar-refractivity contribution in [1.82, 2.24) is 9.97 Å². The Morgan fingerprint density at radius 2 is 2.40 bits per heavy atom. The Morgan fingerprint density at radius 1 is 1.70 bits per heavy atom. The molecule has 10 heavy (non-hydrogen) atoms. The van der Waals surface area contributed by atoms with E-state index in [0.717, 1.165) is 0 Å². The molecule has 1 rings (SSSR count). The van der Waals surface area contributed by atoms with Crippen LogP contribution in [0.2, 0.25) is 0 Å². The summed E-state index contributed by atoms with van der Waals surface area (Å²) in [5, 5.41) is 0. The molecule has 0 atom stereocenters. The highest BCUT2D eigenvalue weighted by Gasteiger charge is 1.94. The number of anilines is 1.